The van der Waals surface area contributed by atoms with Gasteiger partial charge in [-0.1, -0.05) is 0 Å². The predicted octanol–water partition coefficient (Wildman–Crippen LogP) is 1.38. The van der Waals surface area contributed by atoms with Gasteiger partial charge < -0.3 is 4.74 Å². The van der Waals surface area contributed by atoms with Crippen LogP contribution < -0.4 is 5.56 Å². The monoisotopic (exact) mass is 244 g/mol. The molecule has 0 aromatic carbocycles. The zero-order valence-corrected chi connectivity index (χ0v) is 8.50. The molecule has 0 amide bonds. The van der Waals surface area contributed by atoms with Crippen molar-refractivity contribution < 1.29 is 4.74 Å². The van der Waals surface area contributed by atoms with E-state index in [-0.39, 0.29) is 11.7 Å². The molecule has 1 aliphatic heterocycles. The summed E-state index contributed by atoms with van der Waals surface area (Å²) in [6.45, 7) is 0.781. The van der Waals surface area contributed by atoms with Crippen molar-refractivity contribution in [2.75, 3.05) is 6.61 Å². The molecule has 4 nitrogen and oxygen atoms in total. The van der Waals surface area contributed by atoms with Crippen molar-refractivity contribution in [3.05, 3.63) is 26.6 Å². The predicted molar refractivity (Wildman–Crippen MR) is 50.5 cm³/mol. The summed E-state index contributed by atoms with van der Waals surface area (Å²) in [6, 6.07) is 1.72. The molecule has 2 rings (SSSR count). The molecular formula is C8H9BrN2O2. The number of nitrogens with zero attached hydrogens (tertiary/aromatic N) is 1. The fraction of sp³-hybridized carbons (Fsp3) is 0.500. The van der Waals surface area contributed by atoms with Crippen LogP contribution in [0.15, 0.2) is 15.3 Å². The molecule has 0 radical (unpaired) electrons. The number of ether oxygens (including phenoxy) is 1. The molecule has 0 spiro atoms. The number of H-pyrrole nitrogens is 1. The van der Waals surface area contributed by atoms with E-state index in [1.165, 1.54) is 0 Å². The molecule has 1 aromatic heterocycles. The third kappa shape index (κ3) is 1.81. The quantitative estimate of drug-likeness (QED) is 0.813. The Balaban J connectivity index is 2.30. The van der Waals surface area contributed by atoms with Crippen molar-refractivity contribution in [3.8, 4) is 0 Å². The van der Waals surface area contributed by atoms with Gasteiger partial charge in [0, 0.05) is 6.61 Å². The highest BCUT2D eigenvalue weighted by molar-refractivity contribution is 9.10. The van der Waals surface area contributed by atoms with Gasteiger partial charge in [0.15, 0.2) is 0 Å². The summed E-state index contributed by atoms with van der Waals surface area (Å²) in [5.74, 6) is 0. The van der Waals surface area contributed by atoms with Crippen LogP contribution in [0.3, 0.4) is 0 Å². The highest BCUT2D eigenvalue weighted by Gasteiger charge is 2.19. The lowest BCUT2D eigenvalue weighted by atomic mass is 10.2. The van der Waals surface area contributed by atoms with Crippen molar-refractivity contribution in [1.82, 2.24) is 10.2 Å². The fourth-order valence-electron chi connectivity index (χ4n) is 1.37. The van der Waals surface area contributed by atoms with Gasteiger partial charge in [0.05, 0.1) is 10.2 Å². The molecule has 1 atom stereocenters. The van der Waals surface area contributed by atoms with E-state index in [9.17, 15) is 4.79 Å². The van der Waals surface area contributed by atoms with Gasteiger partial charge in [-0.05, 0) is 34.8 Å². The molecule has 5 heteroatoms. The maximum Gasteiger partial charge on any atom is 0.278 e. The van der Waals surface area contributed by atoms with Crippen LogP contribution in [0.4, 0.5) is 0 Å². The van der Waals surface area contributed by atoms with Gasteiger partial charge in [-0.2, -0.15) is 5.10 Å². The molecule has 0 bridgehead atoms. The van der Waals surface area contributed by atoms with Crippen molar-refractivity contribution in [3.63, 3.8) is 0 Å². The fourth-order valence-corrected chi connectivity index (χ4v) is 1.70. The summed E-state index contributed by atoms with van der Waals surface area (Å²) in [7, 11) is 0. The number of hydrogen-bond donors (Lipinski definition) is 1. The number of rotatable bonds is 1. The summed E-state index contributed by atoms with van der Waals surface area (Å²) in [6.07, 6.45) is 2.09. The molecule has 1 saturated heterocycles. The van der Waals surface area contributed by atoms with Gasteiger partial charge in [0.25, 0.3) is 5.56 Å². The van der Waals surface area contributed by atoms with E-state index in [0.717, 1.165) is 25.1 Å². The Morgan fingerprint density at radius 1 is 1.69 bits per heavy atom. The average Bonchev–Trinajstić information content (AvgIpc) is 2.62. The van der Waals surface area contributed by atoms with Crippen LogP contribution in [-0.2, 0) is 4.74 Å². The van der Waals surface area contributed by atoms with Crippen LogP contribution in [0.5, 0.6) is 0 Å². The molecule has 0 aliphatic carbocycles. The molecule has 1 unspecified atom stereocenters. The Kier molecular flexibility index (Phi) is 2.46. The normalized spacial score (nSPS) is 22.1. The van der Waals surface area contributed by atoms with Crippen LogP contribution in [0.2, 0.25) is 0 Å². The minimum atomic E-state index is -0.207. The lowest BCUT2D eigenvalue weighted by Gasteiger charge is -2.07. The minimum absolute atomic E-state index is 0.0492. The highest BCUT2D eigenvalue weighted by Crippen LogP contribution is 2.26. The largest absolute Gasteiger partial charge is 0.372 e. The van der Waals surface area contributed by atoms with Crippen molar-refractivity contribution in [2.45, 2.75) is 18.9 Å². The molecule has 13 heavy (non-hydrogen) atoms. The zero-order chi connectivity index (χ0) is 9.26. The summed E-state index contributed by atoms with van der Waals surface area (Å²) in [5.41, 5.74) is 0.589. The third-order valence-electron chi connectivity index (χ3n) is 2.04. The van der Waals surface area contributed by atoms with Gasteiger partial charge in [0.1, 0.15) is 6.10 Å². The van der Waals surface area contributed by atoms with E-state index >= 15 is 0 Å². The van der Waals surface area contributed by atoms with E-state index in [1.807, 2.05) is 0 Å². The Bertz CT molecular complexity index is 357. The van der Waals surface area contributed by atoms with E-state index in [1.54, 1.807) is 6.07 Å². The van der Waals surface area contributed by atoms with Gasteiger partial charge in [-0.3, -0.25) is 4.79 Å². The summed E-state index contributed by atoms with van der Waals surface area (Å²) in [5, 5.41) is 6.34. The van der Waals surface area contributed by atoms with Crippen LogP contribution in [0.1, 0.15) is 24.6 Å². The number of hydrogen-bond acceptors (Lipinski definition) is 3. The maximum absolute atomic E-state index is 11.0. The lowest BCUT2D eigenvalue weighted by molar-refractivity contribution is 0.108. The first-order valence-corrected chi connectivity index (χ1v) is 4.93. The third-order valence-corrected chi connectivity index (χ3v) is 2.63. The average molecular weight is 245 g/mol. The van der Waals surface area contributed by atoms with Gasteiger partial charge in [-0.25, -0.2) is 5.10 Å². The second-order valence-corrected chi connectivity index (χ2v) is 3.83. The maximum atomic E-state index is 11.0. The standard InChI is InChI=1S/C8H9BrN2O2/c9-5-4-6(10-11-8(5)12)7-2-1-3-13-7/h4,7H,1-3H2,(H,11,12). The summed E-state index contributed by atoms with van der Waals surface area (Å²) < 4.78 is 5.94. The summed E-state index contributed by atoms with van der Waals surface area (Å²) in [4.78, 5) is 11.0. The second-order valence-electron chi connectivity index (χ2n) is 2.97. The molecule has 70 valence electrons. The van der Waals surface area contributed by atoms with Gasteiger partial charge >= 0.3 is 0 Å². The molecule has 2 heterocycles. The van der Waals surface area contributed by atoms with Crippen molar-refractivity contribution >= 4 is 15.9 Å². The first kappa shape index (κ1) is 8.90. The van der Waals surface area contributed by atoms with Crippen LogP contribution >= 0.6 is 15.9 Å². The van der Waals surface area contributed by atoms with E-state index in [4.69, 9.17) is 4.74 Å². The number of nitrogens with one attached hydrogen (secondary N) is 1. The smallest absolute Gasteiger partial charge is 0.278 e. The van der Waals surface area contributed by atoms with E-state index in [2.05, 4.69) is 26.1 Å². The first-order chi connectivity index (χ1) is 6.27. The Hall–Kier alpha value is -0.680. The highest BCUT2D eigenvalue weighted by atomic mass is 79.9. The lowest BCUT2D eigenvalue weighted by Crippen LogP contribution is -2.12. The Labute approximate surface area is 83.4 Å². The molecule has 0 saturated carbocycles. The Morgan fingerprint density at radius 3 is 3.15 bits per heavy atom. The first-order valence-electron chi connectivity index (χ1n) is 4.14. The van der Waals surface area contributed by atoms with Crippen molar-refractivity contribution in [2.24, 2.45) is 0 Å². The van der Waals surface area contributed by atoms with Crippen molar-refractivity contribution in [1.29, 1.82) is 0 Å². The van der Waals surface area contributed by atoms with Crippen LogP contribution in [0.25, 0.3) is 0 Å². The van der Waals surface area contributed by atoms with E-state index in [0.29, 0.717) is 4.47 Å². The summed E-state index contributed by atoms with van der Waals surface area (Å²) >= 11 is 3.15. The van der Waals surface area contributed by atoms with Crippen LogP contribution in [0, 0.1) is 0 Å². The Morgan fingerprint density at radius 2 is 2.54 bits per heavy atom. The molecule has 1 aliphatic rings. The van der Waals surface area contributed by atoms with Gasteiger partial charge in [0.2, 0.25) is 0 Å². The zero-order valence-electron chi connectivity index (χ0n) is 6.92. The SMILES string of the molecule is O=c1[nH]nc(C2CCCO2)cc1Br. The second kappa shape index (κ2) is 3.59. The topological polar surface area (TPSA) is 55.0 Å². The van der Waals surface area contributed by atoms with Gasteiger partial charge in [-0.15, -0.1) is 0 Å². The molecular weight excluding hydrogens is 236 g/mol. The minimum Gasteiger partial charge on any atom is -0.372 e. The van der Waals surface area contributed by atoms with Crippen LogP contribution in [-0.4, -0.2) is 16.8 Å². The number of halogens is 1. The van der Waals surface area contributed by atoms with E-state index < -0.39 is 0 Å². The number of aromatic amines is 1. The molecule has 1 fully saturated rings. The molecule has 1 aromatic rings. The number of aromatic nitrogens is 2. The molecule has 1 N–H and O–H groups in total.